The Bertz CT molecular complexity index is 502. The van der Waals surface area contributed by atoms with Gasteiger partial charge in [-0.15, -0.1) is 0 Å². The van der Waals surface area contributed by atoms with Crippen LogP contribution in [0.15, 0.2) is 65.1 Å². The molecular weight excluding hydrogens is 315 g/mol. The quantitative estimate of drug-likeness (QED) is 0.262. The van der Waals surface area contributed by atoms with Crippen LogP contribution in [0.3, 0.4) is 0 Å². The van der Waals surface area contributed by atoms with Crippen LogP contribution in [-0.4, -0.2) is 31.0 Å². The van der Waals surface area contributed by atoms with Gasteiger partial charge in [-0.25, -0.2) is 4.39 Å². The fourth-order valence-electron chi connectivity index (χ4n) is 2.07. The van der Waals surface area contributed by atoms with Crippen LogP contribution in [0.2, 0.25) is 0 Å². The number of nitrogens with zero attached hydrogens (tertiary/aromatic N) is 1. The van der Waals surface area contributed by atoms with E-state index < -0.39 is 0 Å². The van der Waals surface area contributed by atoms with Gasteiger partial charge in [0.2, 0.25) is 0 Å². The number of aliphatic hydroxyl groups is 1. The molecule has 0 aliphatic rings. The molecule has 140 valence electrons. The predicted octanol–water partition coefficient (Wildman–Crippen LogP) is 5.04. The maximum atomic E-state index is 13.2. The third-order valence-electron chi connectivity index (χ3n) is 3.38. The van der Waals surface area contributed by atoms with E-state index in [2.05, 4.69) is 16.9 Å². The summed E-state index contributed by atoms with van der Waals surface area (Å²) in [5.41, 5.74) is 1.89. The Morgan fingerprint density at radius 3 is 2.68 bits per heavy atom. The highest BCUT2D eigenvalue weighted by Crippen LogP contribution is 2.09. The first-order valence-corrected chi connectivity index (χ1v) is 9.04. The lowest BCUT2D eigenvalue weighted by Gasteiger charge is -2.06. The third kappa shape index (κ3) is 13.2. The molecular formula is C21H33FN2O. The first-order valence-electron chi connectivity index (χ1n) is 9.04. The molecule has 0 saturated carbocycles. The molecule has 4 heteroatoms. The number of unbranched alkanes of at least 4 members (excludes halogenated alkanes) is 3. The maximum absolute atomic E-state index is 13.2. The Kier molecular flexibility index (Phi) is 15.8. The summed E-state index contributed by atoms with van der Waals surface area (Å²) in [7, 11) is 0. The van der Waals surface area contributed by atoms with E-state index in [4.69, 9.17) is 5.11 Å². The van der Waals surface area contributed by atoms with E-state index in [1.54, 1.807) is 18.2 Å². The molecule has 0 fully saturated rings. The van der Waals surface area contributed by atoms with E-state index in [0.29, 0.717) is 19.5 Å². The van der Waals surface area contributed by atoms with Gasteiger partial charge in [-0.2, -0.15) is 0 Å². The highest BCUT2D eigenvalue weighted by molar-refractivity contribution is 5.60. The Morgan fingerprint density at radius 2 is 2.04 bits per heavy atom. The van der Waals surface area contributed by atoms with Crippen LogP contribution >= 0.6 is 0 Å². The summed E-state index contributed by atoms with van der Waals surface area (Å²) in [4.78, 5) is 4.54. The number of nitrogens with one attached hydrogen (secondary N) is 1. The van der Waals surface area contributed by atoms with E-state index >= 15 is 0 Å². The number of aliphatic hydroxyl groups excluding tert-OH is 1. The molecule has 25 heavy (non-hydrogen) atoms. The van der Waals surface area contributed by atoms with Crippen LogP contribution in [0, 0.1) is 0 Å². The van der Waals surface area contributed by atoms with Gasteiger partial charge >= 0.3 is 0 Å². The molecule has 0 atom stereocenters. The first-order chi connectivity index (χ1) is 12.2. The van der Waals surface area contributed by atoms with Crippen molar-refractivity contribution in [3.05, 3.63) is 60.1 Å². The Labute approximate surface area is 152 Å². The minimum absolute atomic E-state index is 0.204. The number of aliphatic imine (C=N–C) groups is 1. The summed E-state index contributed by atoms with van der Waals surface area (Å²) in [6, 6.07) is 0. The molecule has 0 spiro atoms. The van der Waals surface area contributed by atoms with Crippen LogP contribution in [0.5, 0.6) is 0 Å². The van der Waals surface area contributed by atoms with Gasteiger partial charge in [-0.1, -0.05) is 38.2 Å². The zero-order chi connectivity index (χ0) is 18.8. The van der Waals surface area contributed by atoms with Crippen LogP contribution in [0.1, 0.15) is 46.0 Å². The van der Waals surface area contributed by atoms with Crippen LogP contribution in [0.4, 0.5) is 4.39 Å². The van der Waals surface area contributed by atoms with Crippen molar-refractivity contribution in [1.29, 1.82) is 0 Å². The van der Waals surface area contributed by atoms with Crippen molar-refractivity contribution >= 4 is 6.21 Å². The summed E-state index contributed by atoms with van der Waals surface area (Å²) >= 11 is 0. The molecule has 0 aromatic heterocycles. The molecule has 3 nitrogen and oxygen atoms in total. The van der Waals surface area contributed by atoms with Crippen molar-refractivity contribution in [1.82, 2.24) is 5.32 Å². The highest BCUT2D eigenvalue weighted by atomic mass is 19.1. The molecule has 0 heterocycles. The van der Waals surface area contributed by atoms with Crippen LogP contribution in [0.25, 0.3) is 0 Å². The van der Waals surface area contributed by atoms with Gasteiger partial charge in [0.05, 0.1) is 5.70 Å². The van der Waals surface area contributed by atoms with Gasteiger partial charge < -0.3 is 10.4 Å². The second kappa shape index (κ2) is 17.1. The molecule has 0 aliphatic heterocycles. The zero-order valence-corrected chi connectivity index (χ0v) is 15.7. The molecule has 0 radical (unpaired) electrons. The number of allylic oxidation sites excluding steroid dienone is 5. The van der Waals surface area contributed by atoms with Crippen molar-refractivity contribution in [3.63, 3.8) is 0 Å². The van der Waals surface area contributed by atoms with Gasteiger partial charge in [-0.3, -0.25) is 4.99 Å². The third-order valence-corrected chi connectivity index (χ3v) is 3.38. The lowest BCUT2D eigenvalue weighted by Crippen LogP contribution is -2.17. The van der Waals surface area contributed by atoms with E-state index in [0.717, 1.165) is 37.0 Å². The fraction of sp³-hybridized carbons (Fsp3) is 0.476. The first kappa shape index (κ1) is 23.2. The molecule has 0 saturated heterocycles. The second-order valence-corrected chi connectivity index (χ2v) is 5.53. The average molecular weight is 349 g/mol. The van der Waals surface area contributed by atoms with Gasteiger partial charge in [0.15, 0.2) is 0 Å². The average Bonchev–Trinajstić information content (AvgIpc) is 2.60. The molecule has 2 N–H and O–H groups in total. The minimum Gasteiger partial charge on any atom is -0.396 e. The Hall–Kier alpha value is -1.78. The van der Waals surface area contributed by atoms with Crippen molar-refractivity contribution < 1.29 is 9.50 Å². The maximum Gasteiger partial charge on any atom is 0.118 e. The summed E-state index contributed by atoms with van der Waals surface area (Å²) in [6.45, 7) is 9.17. The SMILES string of the molecule is C=C/C(CNC/C=C\C(F)=C/CC)=C(\C=C\C)N=CCCCCCO. The van der Waals surface area contributed by atoms with E-state index in [9.17, 15) is 4.39 Å². The zero-order valence-electron chi connectivity index (χ0n) is 15.7. The van der Waals surface area contributed by atoms with Gasteiger partial charge in [0.25, 0.3) is 0 Å². The van der Waals surface area contributed by atoms with Gasteiger partial charge in [0.1, 0.15) is 5.83 Å². The lowest BCUT2D eigenvalue weighted by molar-refractivity contribution is 0.283. The van der Waals surface area contributed by atoms with E-state index in [-0.39, 0.29) is 12.4 Å². The van der Waals surface area contributed by atoms with E-state index in [1.807, 2.05) is 32.2 Å². The molecule has 0 amide bonds. The van der Waals surface area contributed by atoms with Gasteiger partial charge in [0, 0.05) is 25.9 Å². The molecule has 0 aliphatic carbocycles. The van der Waals surface area contributed by atoms with Crippen molar-refractivity contribution in [3.8, 4) is 0 Å². The van der Waals surface area contributed by atoms with E-state index in [1.165, 1.54) is 6.08 Å². The van der Waals surface area contributed by atoms with Crippen LogP contribution < -0.4 is 5.32 Å². The Balaban J connectivity index is 4.57. The Morgan fingerprint density at radius 1 is 1.24 bits per heavy atom. The number of hydrogen-bond acceptors (Lipinski definition) is 3. The van der Waals surface area contributed by atoms with Crippen molar-refractivity contribution in [2.45, 2.75) is 46.0 Å². The molecule has 0 rings (SSSR count). The van der Waals surface area contributed by atoms with Gasteiger partial charge in [-0.05, 0) is 56.4 Å². The molecule has 0 aromatic carbocycles. The standard InChI is InChI=1S/C21H33FN2O/c1-4-12-20(22)14-11-15-23-18-19(6-3)21(13-5-2)24-16-9-7-8-10-17-25/h5-6,11-14,16,23,25H,3-4,7-10,15,17-18H2,1-2H3/b13-5+,14-11-,20-12+,21-19-,24-16?. The second-order valence-electron chi connectivity index (χ2n) is 5.53. The predicted molar refractivity (Wildman–Crippen MR) is 108 cm³/mol. The number of halogens is 1. The number of rotatable bonds is 14. The summed E-state index contributed by atoms with van der Waals surface area (Å²) in [5.74, 6) is -0.204. The molecule has 0 aromatic rings. The molecule has 0 unspecified atom stereocenters. The smallest absolute Gasteiger partial charge is 0.118 e. The summed E-state index contributed by atoms with van der Waals surface area (Å²) in [6.07, 6.45) is 16.9. The highest BCUT2D eigenvalue weighted by Gasteiger charge is 1.99. The topological polar surface area (TPSA) is 44.6 Å². The summed E-state index contributed by atoms with van der Waals surface area (Å²) in [5, 5.41) is 12.0. The van der Waals surface area contributed by atoms with Crippen LogP contribution in [-0.2, 0) is 0 Å². The number of hydrogen-bond donors (Lipinski definition) is 2. The van der Waals surface area contributed by atoms with Crippen molar-refractivity contribution in [2.75, 3.05) is 19.7 Å². The largest absolute Gasteiger partial charge is 0.396 e. The normalized spacial score (nSPS) is 14.0. The monoisotopic (exact) mass is 348 g/mol. The summed E-state index contributed by atoms with van der Waals surface area (Å²) < 4.78 is 13.2. The lowest BCUT2D eigenvalue weighted by atomic mass is 10.1. The fourth-order valence-corrected chi connectivity index (χ4v) is 2.07. The molecule has 0 bridgehead atoms. The van der Waals surface area contributed by atoms with Crippen molar-refractivity contribution in [2.24, 2.45) is 4.99 Å². The minimum atomic E-state index is -0.204.